The van der Waals surface area contributed by atoms with Crippen LogP contribution in [0.3, 0.4) is 0 Å². The van der Waals surface area contributed by atoms with E-state index in [1.165, 1.54) is 0 Å². The Morgan fingerprint density at radius 3 is 2.86 bits per heavy atom. The lowest BCUT2D eigenvalue weighted by molar-refractivity contribution is 0.0997. The normalized spacial score (nSPS) is 42.9. The van der Waals surface area contributed by atoms with Crippen LogP contribution < -0.4 is 5.31 Å². The van der Waals surface area contributed by atoms with Gasteiger partial charge in [-0.15, -0.1) is 11.3 Å². The van der Waals surface area contributed by atoms with E-state index >= 15 is 0 Å². The summed E-state index contributed by atoms with van der Waals surface area (Å²) in [4.78, 5) is 12.7. The molecule has 1 fully saturated rings. The van der Waals surface area contributed by atoms with E-state index in [4.69, 9.17) is 23.3 Å². The molecule has 1 aliphatic heterocycles. The molecule has 0 spiro atoms. The number of Topliss-reactive ketones (excluding diaryl/α,β-unsaturated/α-hetero) is 1. The number of fused-ring (bicyclic) bond motifs is 2. The Balaban J connectivity index is 2.46. The average molecular weight is 313 g/mol. The zero-order chi connectivity index (χ0) is 29.3. The number of carbonyl (C=O) groups excluding carboxylic acids is 1. The summed E-state index contributed by atoms with van der Waals surface area (Å²) in [6, 6.07) is -5.00. The van der Waals surface area contributed by atoms with Gasteiger partial charge < -0.3 is 5.31 Å². The molecule has 0 unspecified atom stereocenters. The highest BCUT2D eigenvalue weighted by atomic mass is 32.1. The molecule has 4 rings (SSSR count). The van der Waals surface area contributed by atoms with E-state index in [1.807, 2.05) is 0 Å². The fourth-order valence-corrected chi connectivity index (χ4v) is 2.72. The second-order valence-electron chi connectivity index (χ2n) is 4.07. The van der Waals surface area contributed by atoms with Gasteiger partial charge in [-0.3, -0.25) is 4.79 Å². The zero-order valence-electron chi connectivity index (χ0n) is 27.3. The van der Waals surface area contributed by atoms with Crippen LogP contribution in [0, 0.1) is 0 Å². The maximum absolute atomic E-state index is 13.4. The highest BCUT2D eigenvalue weighted by molar-refractivity contribution is 7.12. The summed E-state index contributed by atoms with van der Waals surface area (Å²) in [6.45, 7) is -7.24. The molecule has 2 nitrogen and oxygen atoms in total. The van der Waals surface area contributed by atoms with Crippen molar-refractivity contribution >= 4 is 22.7 Å². The van der Waals surface area contributed by atoms with Gasteiger partial charge in [0, 0.05) is 25.6 Å². The summed E-state index contributed by atoms with van der Waals surface area (Å²) in [5, 5.41) is -1.20. The van der Waals surface area contributed by atoms with Crippen molar-refractivity contribution in [3.8, 4) is 0 Å². The van der Waals surface area contributed by atoms with Gasteiger partial charge in [-0.1, -0.05) is 29.7 Å². The van der Waals surface area contributed by atoms with Gasteiger partial charge in [-0.25, -0.2) is 0 Å². The zero-order valence-corrected chi connectivity index (χ0v) is 11.1. The van der Waals surface area contributed by atoms with E-state index in [9.17, 15) is 4.79 Å². The molecule has 1 aromatic carbocycles. The molecule has 3 heteroatoms. The van der Waals surface area contributed by atoms with Gasteiger partial charge in [-0.2, -0.15) is 0 Å². The van der Waals surface area contributed by atoms with Crippen LogP contribution in [0.15, 0.2) is 41.1 Å². The lowest BCUT2D eigenvalue weighted by Crippen LogP contribution is -2.24. The Bertz CT molecular complexity index is 1430. The number of piperidine rings is 1. The van der Waals surface area contributed by atoms with Crippen LogP contribution >= 0.6 is 11.3 Å². The van der Waals surface area contributed by atoms with Gasteiger partial charge in [0.1, 0.15) is 1.41 Å². The molecule has 2 heterocycles. The fraction of sp³-hybridized carbons (Fsp3) is 0.278. The van der Waals surface area contributed by atoms with Crippen LogP contribution in [0.5, 0.6) is 0 Å². The van der Waals surface area contributed by atoms with E-state index < -0.39 is 111 Å². The average Bonchev–Trinajstić information content (AvgIpc) is 3.06. The second kappa shape index (κ2) is 5.24. The first kappa shape index (κ1) is 4.18. The highest BCUT2D eigenvalue weighted by Gasteiger charge is 2.26. The van der Waals surface area contributed by atoms with Crippen LogP contribution in [-0.2, 0) is 6.37 Å². The van der Waals surface area contributed by atoms with Crippen molar-refractivity contribution in [2.75, 3.05) is 13.0 Å². The topological polar surface area (TPSA) is 29.1 Å². The van der Waals surface area contributed by atoms with Gasteiger partial charge in [0.15, 0.2) is 5.78 Å². The second-order valence-corrected chi connectivity index (χ2v) is 4.89. The first-order valence-corrected chi connectivity index (χ1v) is 6.63. The number of hydrogen-bond donors (Lipinski definition) is 1. The fourth-order valence-electron chi connectivity index (χ4n) is 2.06. The Kier molecular flexibility index (Phi) is 1.04. The number of nitrogens with one attached hydrogen (secondary N) is 1. The molecular formula is C18H17NOS. The van der Waals surface area contributed by atoms with Crippen molar-refractivity contribution in [2.24, 2.45) is 0 Å². The Labute approximate surface area is 152 Å². The van der Waals surface area contributed by atoms with E-state index in [1.54, 1.807) is 0 Å². The monoisotopic (exact) mass is 312 g/mol. The van der Waals surface area contributed by atoms with Gasteiger partial charge in [0.2, 0.25) is 0 Å². The summed E-state index contributed by atoms with van der Waals surface area (Å²) in [6.07, 6.45) is -10.6. The lowest BCUT2D eigenvalue weighted by atomic mass is 9.88. The maximum atomic E-state index is 13.4. The molecule has 1 N–H and O–H groups in total. The van der Waals surface area contributed by atoms with Crippen molar-refractivity contribution in [3.05, 3.63) is 62.7 Å². The number of benzene rings is 1. The SMILES string of the molecule is [2H]c1sc2c(c1[2H])C(=C1C([2H])([2H])C([2H])([2H])N([2H])C([2H])([2H])C1([2H])[2H])c1c([2H])c([2H])c([2H])c([2H])c1C([2H])([2H])C2=O. The number of hydrogen-bond acceptors (Lipinski definition) is 3. The Morgan fingerprint density at radius 2 is 2.00 bits per heavy atom. The number of thiophene rings is 1. The van der Waals surface area contributed by atoms with Crippen molar-refractivity contribution in [1.29, 1.82) is 0 Å². The summed E-state index contributed by atoms with van der Waals surface area (Å²) in [5.41, 5.74) is -5.26. The molecule has 2 aromatic rings. The first-order valence-electron chi connectivity index (χ1n) is 14.3. The molecule has 1 aliphatic carbocycles. The van der Waals surface area contributed by atoms with Gasteiger partial charge in [-0.05, 0) is 53.8 Å². The van der Waals surface area contributed by atoms with Crippen molar-refractivity contribution in [3.63, 3.8) is 0 Å². The molecule has 0 radical (unpaired) electrons. The molecular weight excluding hydrogens is 278 g/mol. The van der Waals surface area contributed by atoms with Crippen molar-refractivity contribution in [2.45, 2.75) is 19.1 Å². The summed E-state index contributed by atoms with van der Waals surface area (Å²) in [5.74, 6) is -1.46. The summed E-state index contributed by atoms with van der Waals surface area (Å²) < 4.78 is 142. The first-order chi connectivity index (χ1) is 17.0. The third-order valence-corrected chi connectivity index (χ3v) is 3.71. The van der Waals surface area contributed by atoms with E-state index in [0.717, 1.165) is 0 Å². The minimum atomic E-state index is -3.65. The number of rotatable bonds is 0. The number of carbonyl (C=O) groups is 1. The molecule has 21 heavy (non-hydrogen) atoms. The highest BCUT2D eigenvalue weighted by Crippen LogP contribution is 2.39. The van der Waals surface area contributed by atoms with E-state index in [0.29, 0.717) is 0 Å². The standard InChI is InChI=1S/C18H17NOS/c20-16-11-13-3-1-2-4-14(13)17(12-5-8-19-9-6-12)15-7-10-21-18(15)16/h1-4,7,10,19H,5-6,8-9,11H2/i1D,2D,3D,4D,5D2,6D2,7D,8D2,9D2,10D,11D2/hD. The van der Waals surface area contributed by atoms with Crippen LogP contribution in [-0.4, -0.2) is 18.8 Å². The molecule has 106 valence electrons. The molecule has 1 saturated heterocycles. The van der Waals surface area contributed by atoms with Crippen LogP contribution in [0.1, 0.15) is 61.0 Å². The van der Waals surface area contributed by atoms with E-state index in [-0.39, 0.29) is 11.3 Å². The van der Waals surface area contributed by atoms with Crippen LogP contribution in [0.25, 0.3) is 5.57 Å². The van der Waals surface area contributed by atoms with Gasteiger partial charge in [0.05, 0.1) is 13.1 Å². The largest absolute Gasteiger partial charge is 0.316 e. The van der Waals surface area contributed by atoms with E-state index in [2.05, 4.69) is 0 Å². The molecule has 0 bridgehead atoms. The third kappa shape index (κ3) is 2.17. The predicted molar refractivity (Wildman–Crippen MR) is 86.9 cm³/mol. The third-order valence-electron chi connectivity index (χ3n) is 2.91. The van der Waals surface area contributed by atoms with Crippen LogP contribution in [0.4, 0.5) is 0 Å². The molecule has 2 aliphatic rings. The Hall–Kier alpha value is -1.71. The van der Waals surface area contributed by atoms with Crippen molar-refractivity contribution < 1.29 is 28.1 Å². The maximum Gasteiger partial charge on any atom is 0.177 e. The van der Waals surface area contributed by atoms with Crippen molar-refractivity contribution in [1.82, 2.24) is 5.31 Å². The Morgan fingerprint density at radius 1 is 1.19 bits per heavy atom. The molecule has 1 aromatic heterocycles. The minimum Gasteiger partial charge on any atom is -0.316 e. The van der Waals surface area contributed by atoms with Gasteiger partial charge >= 0.3 is 0 Å². The molecule has 0 amide bonds. The smallest absolute Gasteiger partial charge is 0.177 e. The van der Waals surface area contributed by atoms with Gasteiger partial charge in [0.25, 0.3) is 0 Å². The molecule has 0 atom stereocenters. The summed E-state index contributed by atoms with van der Waals surface area (Å²) in [7, 11) is 0. The quantitative estimate of drug-likeness (QED) is 0.804. The van der Waals surface area contributed by atoms with Crippen LogP contribution in [0.2, 0.25) is 1.41 Å². The predicted octanol–water partition coefficient (Wildman–Crippen LogP) is 3.67. The molecule has 0 saturated carbocycles. The summed E-state index contributed by atoms with van der Waals surface area (Å²) >= 11 is 0.259. The minimum absolute atomic E-state index is 0.259. The number of ketones is 1. The lowest BCUT2D eigenvalue weighted by Gasteiger charge is -2.21.